The minimum atomic E-state index is -0.256. The monoisotopic (exact) mass is 338 g/mol. The van der Waals surface area contributed by atoms with Gasteiger partial charge < -0.3 is 10.2 Å². The smallest absolute Gasteiger partial charge is 0.230 e. The highest BCUT2D eigenvalue weighted by atomic mass is 32.2. The summed E-state index contributed by atoms with van der Waals surface area (Å²) >= 11 is 1.59. The topological polar surface area (TPSA) is 49.4 Å². The van der Waals surface area contributed by atoms with E-state index in [1.807, 2.05) is 13.8 Å². The molecule has 1 aromatic carbocycles. The van der Waals surface area contributed by atoms with Gasteiger partial charge in [0.05, 0.1) is 11.8 Å². The third-order valence-electron chi connectivity index (χ3n) is 3.71. The molecular weight excluding hydrogens is 315 g/mol. The van der Waals surface area contributed by atoms with Crippen molar-refractivity contribution in [1.29, 1.82) is 0 Å². The van der Waals surface area contributed by atoms with E-state index >= 15 is 0 Å². The summed E-state index contributed by atoms with van der Waals surface area (Å²) < 4.78 is 12.9. The Bertz CT molecular complexity index is 548. The molecule has 2 rings (SSSR count). The Labute approximate surface area is 140 Å². The van der Waals surface area contributed by atoms with Crippen molar-refractivity contribution in [1.82, 2.24) is 10.2 Å². The van der Waals surface area contributed by atoms with Gasteiger partial charge in [0, 0.05) is 19.5 Å². The minimum absolute atomic E-state index is 0.0121. The number of nitrogens with zero attached hydrogens (tertiary/aromatic N) is 1. The van der Waals surface area contributed by atoms with E-state index in [0.717, 1.165) is 5.56 Å². The second-order valence-electron chi connectivity index (χ2n) is 6.04. The van der Waals surface area contributed by atoms with Crippen molar-refractivity contribution in [2.24, 2.45) is 0 Å². The van der Waals surface area contributed by atoms with Crippen molar-refractivity contribution in [2.45, 2.75) is 38.0 Å². The van der Waals surface area contributed by atoms with Crippen LogP contribution in [-0.4, -0.2) is 46.8 Å². The Kier molecular flexibility index (Phi) is 6.45. The quantitative estimate of drug-likeness (QED) is 0.829. The van der Waals surface area contributed by atoms with Crippen LogP contribution in [-0.2, 0) is 16.0 Å². The number of hydrogen-bond donors (Lipinski definition) is 1. The third kappa shape index (κ3) is 5.86. The highest BCUT2D eigenvalue weighted by Gasteiger charge is 2.30. The van der Waals surface area contributed by atoms with Crippen LogP contribution in [0.1, 0.15) is 25.8 Å². The van der Waals surface area contributed by atoms with Gasteiger partial charge in [-0.05, 0) is 29.4 Å². The molecule has 1 fully saturated rings. The van der Waals surface area contributed by atoms with Gasteiger partial charge in [0.15, 0.2) is 0 Å². The zero-order valence-electron chi connectivity index (χ0n) is 13.5. The lowest BCUT2D eigenvalue weighted by atomic mass is 10.1. The molecule has 0 radical (unpaired) electrons. The summed E-state index contributed by atoms with van der Waals surface area (Å²) in [5.74, 6) is 0.224. The second kappa shape index (κ2) is 8.34. The lowest BCUT2D eigenvalue weighted by Gasteiger charge is -2.17. The van der Waals surface area contributed by atoms with Crippen LogP contribution in [0.4, 0.5) is 4.39 Å². The number of thioether (sulfide) groups is 1. The summed E-state index contributed by atoms with van der Waals surface area (Å²) in [6, 6.07) is 6.22. The van der Waals surface area contributed by atoms with Gasteiger partial charge >= 0.3 is 0 Å². The van der Waals surface area contributed by atoms with E-state index in [4.69, 9.17) is 0 Å². The first-order valence-corrected chi connectivity index (χ1v) is 8.92. The fourth-order valence-electron chi connectivity index (χ4n) is 2.51. The van der Waals surface area contributed by atoms with Crippen LogP contribution >= 0.6 is 11.8 Å². The highest BCUT2D eigenvalue weighted by molar-refractivity contribution is 8.00. The summed E-state index contributed by atoms with van der Waals surface area (Å²) in [6.07, 6.45) is 1.05. The molecule has 0 aromatic heterocycles. The number of rotatable bonds is 7. The van der Waals surface area contributed by atoms with Crippen LogP contribution in [0.2, 0.25) is 0 Å². The summed E-state index contributed by atoms with van der Waals surface area (Å²) in [5, 5.41) is 3.34. The van der Waals surface area contributed by atoms with E-state index in [-0.39, 0.29) is 23.7 Å². The van der Waals surface area contributed by atoms with E-state index in [1.54, 1.807) is 28.8 Å². The van der Waals surface area contributed by atoms with Crippen molar-refractivity contribution < 1.29 is 14.0 Å². The fraction of sp³-hybridized carbons (Fsp3) is 0.529. The molecule has 1 N–H and O–H groups in total. The normalized spacial score (nSPS) is 17.8. The van der Waals surface area contributed by atoms with E-state index in [9.17, 15) is 14.0 Å². The van der Waals surface area contributed by atoms with Gasteiger partial charge in [0.25, 0.3) is 0 Å². The van der Waals surface area contributed by atoms with Gasteiger partial charge in [0.1, 0.15) is 5.82 Å². The molecule has 0 bridgehead atoms. The van der Waals surface area contributed by atoms with E-state index in [2.05, 4.69) is 5.32 Å². The number of carbonyl (C=O) groups is 2. The zero-order valence-corrected chi connectivity index (χ0v) is 14.4. The number of likely N-dealkylation sites (tertiary alicyclic amines) is 1. The zero-order chi connectivity index (χ0) is 16.8. The molecule has 1 aliphatic heterocycles. The number of halogens is 1. The molecule has 1 saturated heterocycles. The Morgan fingerprint density at radius 3 is 2.74 bits per heavy atom. The first-order chi connectivity index (χ1) is 10.9. The molecule has 6 heteroatoms. The molecule has 2 amide bonds. The van der Waals surface area contributed by atoms with Gasteiger partial charge in [-0.3, -0.25) is 9.59 Å². The number of nitrogens with one attached hydrogen (secondary N) is 1. The Morgan fingerprint density at radius 2 is 2.09 bits per heavy atom. The molecule has 0 saturated carbocycles. The maximum atomic E-state index is 12.9. The predicted octanol–water partition coefficient (Wildman–Crippen LogP) is 2.23. The summed E-state index contributed by atoms with van der Waals surface area (Å²) in [6.45, 7) is 5.25. The number of carbonyl (C=O) groups excluding carboxylic acids is 2. The number of amides is 2. The van der Waals surface area contributed by atoms with Crippen LogP contribution in [0.15, 0.2) is 24.3 Å². The van der Waals surface area contributed by atoms with Crippen LogP contribution in [0.5, 0.6) is 0 Å². The van der Waals surface area contributed by atoms with Crippen LogP contribution in [0.3, 0.4) is 0 Å². The molecule has 1 aliphatic rings. The number of benzene rings is 1. The summed E-state index contributed by atoms with van der Waals surface area (Å²) in [7, 11) is 0. The second-order valence-corrected chi connectivity index (χ2v) is 7.61. The first kappa shape index (κ1) is 17.8. The fourth-order valence-corrected chi connectivity index (χ4v) is 3.08. The molecule has 23 heavy (non-hydrogen) atoms. The van der Waals surface area contributed by atoms with Crippen molar-refractivity contribution in [3.8, 4) is 0 Å². The Hall–Kier alpha value is -1.56. The van der Waals surface area contributed by atoms with Crippen LogP contribution < -0.4 is 5.32 Å². The van der Waals surface area contributed by atoms with E-state index < -0.39 is 0 Å². The third-order valence-corrected chi connectivity index (χ3v) is 4.81. The average Bonchev–Trinajstić information content (AvgIpc) is 2.84. The Balaban J connectivity index is 1.76. The Morgan fingerprint density at radius 1 is 1.39 bits per heavy atom. The highest BCUT2D eigenvalue weighted by Crippen LogP contribution is 2.14. The van der Waals surface area contributed by atoms with Crippen molar-refractivity contribution in [3.63, 3.8) is 0 Å². The van der Waals surface area contributed by atoms with Crippen LogP contribution in [0.25, 0.3) is 0 Å². The van der Waals surface area contributed by atoms with E-state index in [1.165, 1.54) is 12.1 Å². The molecule has 4 nitrogen and oxygen atoms in total. The summed E-state index contributed by atoms with van der Waals surface area (Å²) in [5.41, 5.74) is 1.00. The van der Waals surface area contributed by atoms with Crippen molar-refractivity contribution >= 4 is 23.6 Å². The summed E-state index contributed by atoms with van der Waals surface area (Å²) in [4.78, 5) is 25.6. The SMILES string of the molecule is CC(C)SCC(=O)N[C@@H]1CC(=O)N(CCc2ccc(F)cc2)C1. The standard InChI is InChI=1S/C17H23FN2O2S/c1-12(2)23-11-16(21)19-15-9-17(22)20(10-15)8-7-13-3-5-14(18)6-4-13/h3-6,12,15H,7-11H2,1-2H3,(H,19,21)/t15-/m1/s1. The lowest BCUT2D eigenvalue weighted by Crippen LogP contribution is -2.38. The molecule has 126 valence electrons. The van der Waals surface area contributed by atoms with Crippen molar-refractivity contribution in [2.75, 3.05) is 18.8 Å². The lowest BCUT2D eigenvalue weighted by molar-refractivity contribution is -0.127. The van der Waals surface area contributed by atoms with Gasteiger partial charge in [-0.2, -0.15) is 0 Å². The largest absolute Gasteiger partial charge is 0.350 e. The maximum absolute atomic E-state index is 12.9. The molecular formula is C17H23FN2O2S. The molecule has 0 aliphatic carbocycles. The van der Waals surface area contributed by atoms with Gasteiger partial charge in [-0.1, -0.05) is 26.0 Å². The van der Waals surface area contributed by atoms with Crippen molar-refractivity contribution in [3.05, 3.63) is 35.6 Å². The first-order valence-electron chi connectivity index (χ1n) is 7.87. The van der Waals surface area contributed by atoms with Gasteiger partial charge in [-0.15, -0.1) is 11.8 Å². The predicted molar refractivity (Wildman–Crippen MR) is 90.8 cm³/mol. The van der Waals surface area contributed by atoms with Gasteiger partial charge in [0.2, 0.25) is 11.8 Å². The molecule has 1 heterocycles. The maximum Gasteiger partial charge on any atom is 0.230 e. The minimum Gasteiger partial charge on any atom is -0.350 e. The molecule has 1 aromatic rings. The molecule has 1 atom stereocenters. The average molecular weight is 338 g/mol. The molecule has 0 spiro atoms. The van der Waals surface area contributed by atoms with Gasteiger partial charge in [-0.25, -0.2) is 4.39 Å². The van der Waals surface area contributed by atoms with E-state index in [0.29, 0.717) is 36.9 Å². The molecule has 0 unspecified atom stereocenters. The van der Waals surface area contributed by atoms with Crippen LogP contribution in [0, 0.1) is 5.82 Å². The number of hydrogen-bond acceptors (Lipinski definition) is 3.